The van der Waals surface area contributed by atoms with Crippen LogP contribution in [0.25, 0.3) is 0 Å². The molecule has 0 heterocycles. The summed E-state index contributed by atoms with van der Waals surface area (Å²) < 4.78 is 10.7. The lowest BCUT2D eigenvalue weighted by Gasteiger charge is -2.20. The largest absolute Gasteiger partial charge is 0.465 e. The van der Waals surface area contributed by atoms with E-state index in [9.17, 15) is 9.59 Å². The lowest BCUT2D eigenvalue weighted by Crippen LogP contribution is -2.37. The van der Waals surface area contributed by atoms with Crippen LogP contribution >= 0.6 is 0 Å². The van der Waals surface area contributed by atoms with Gasteiger partial charge in [0.05, 0.1) is 13.2 Å². The first-order valence-corrected chi connectivity index (χ1v) is 14.9. The monoisotopic (exact) mass is 502 g/mol. The molecule has 1 aromatic carbocycles. The standard InChI is InChI=1S/C32H54O4/c1-4-5-6-7-8-9-10-11-12-13-14-15-16-17-18-22-27-35-30(33)32(2,3)31(34)36-28-23-26-29-24-20-19-21-25-29/h19-21,24-25H,4-18,22-23,26-28H2,1-3H3. The zero-order valence-corrected chi connectivity index (χ0v) is 23.7. The molecule has 0 bridgehead atoms. The van der Waals surface area contributed by atoms with E-state index in [2.05, 4.69) is 19.1 Å². The number of hydrogen-bond donors (Lipinski definition) is 0. The molecule has 4 heteroatoms. The Labute approximate surface area is 221 Å². The topological polar surface area (TPSA) is 52.6 Å². The Bertz CT molecular complexity index is 668. The second kappa shape index (κ2) is 21.3. The van der Waals surface area contributed by atoms with Gasteiger partial charge < -0.3 is 9.47 Å². The number of rotatable bonds is 23. The molecule has 0 saturated carbocycles. The fourth-order valence-electron chi connectivity index (χ4n) is 4.35. The second-order valence-corrected chi connectivity index (χ2v) is 10.8. The normalized spacial score (nSPS) is 11.4. The molecule has 0 N–H and O–H groups in total. The van der Waals surface area contributed by atoms with Crippen molar-refractivity contribution >= 4 is 11.9 Å². The van der Waals surface area contributed by atoms with Gasteiger partial charge in [-0.2, -0.15) is 0 Å². The Kier molecular flexibility index (Phi) is 19.0. The van der Waals surface area contributed by atoms with E-state index in [0.29, 0.717) is 13.2 Å². The van der Waals surface area contributed by atoms with Crippen molar-refractivity contribution in [2.75, 3.05) is 13.2 Å². The molecule has 0 saturated heterocycles. The van der Waals surface area contributed by atoms with Crippen molar-refractivity contribution in [1.82, 2.24) is 0 Å². The Morgan fingerprint density at radius 3 is 1.42 bits per heavy atom. The average Bonchev–Trinajstić information content (AvgIpc) is 2.88. The van der Waals surface area contributed by atoms with Gasteiger partial charge in [0.25, 0.3) is 0 Å². The van der Waals surface area contributed by atoms with Gasteiger partial charge >= 0.3 is 11.9 Å². The maximum Gasteiger partial charge on any atom is 0.322 e. The molecule has 1 aromatic rings. The molecule has 0 atom stereocenters. The summed E-state index contributed by atoms with van der Waals surface area (Å²) in [7, 11) is 0. The number of ether oxygens (including phenoxy) is 2. The van der Waals surface area contributed by atoms with E-state index in [0.717, 1.165) is 25.7 Å². The molecule has 0 unspecified atom stereocenters. The minimum atomic E-state index is -1.26. The summed E-state index contributed by atoms with van der Waals surface area (Å²) in [5.41, 5.74) is -0.0482. The molecule has 0 aliphatic rings. The van der Waals surface area contributed by atoms with Crippen LogP contribution in [0.3, 0.4) is 0 Å². The van der Waals surface area contributed by atoms with E-state index in [4.69, 9.17) is 9.47 Å². The van der Waals surface area contributed by atoms with Crippen LogP contribution in [0.4, 0.5) is 0 Å². The molecular formula is C32H54O4. The van der Waals surface area contributed by atoms with E-state index in [-0.39, 0.29) is 0 Å². The van der Waals surface area contributed by atoms with E-state index < -0.39 is 17.4 Å². The predicted octanol–water partition coefficient (Wildman–Crippen LogP) is 8.99. The molecule has 1 rings (SSSR count). The van der Waals surface area contributed by atoms with Crippen LogP contribution in [0.1, 0.15) is 135 Å². The van der Waals surface area contributed by atoms with Crippen molar-refractivity contribution in [1.29, 1.82) is 0 Å². The van der Waals surface area contributed by atoms with Gasteiger partial charge in [0, 0.05) is 0 Å². The van der Waals surface area contributed by atoms with Crippen molar-refractivity contribution in [3.05, 3.63) is 35.9 Å². The molecule has 0 fully saturated rings. The predicted molar refractivity (Wildman–Crippen MR) is 150 cm³/mol. The van der Waals surface area contributed by atoms with Crippen LogP contribution in [0.15, 0.2) is 30.3 Å². The van der Waals surface area contributed by atoms with Gasteiger partial charge in [-0.15, -0.1) is 0 Å². The maximum atomic E-state index is 12.4. The number of unbranched alkanes of at least 4 members (excludes halogenated alkanes) is 15. The van der Waals surface area contributed by atoms with Crippen LogP contribution in [-0.4, -0.2) is 25.2 Å². The smallest absolute Gasteiger partial charge is 0.322 e. The zero-order valence-electron chi connectivity index (χ0n) is 23.7. The van der Waals surface area contributed by atoms with Crippen molar-refractivity contribution in [2.45, 2.75) is 136 Å². The van der Waals surface area contributed by atoms with Crippen LogP contribution in [0, 0.1) is 5.41 Å². The summed E-state index contributed by atoms with van der Waals surface area (Å²) in [6.45, 7) is 6.13. The highest BCUT2D eigenvalue weighted by molar-refractivity contribution is 5.99. The van der Waals surface area contributed by atoms with Gasteiger partial charge in [-0.3, -0.25) is 9.59 Å². The first-order chi connectivity index (χ1) is 17.5. The molecular weight excluding hydrogens is 448 g/mol. The quantitative estimate of drug-likeness (QED) is 0.0851. The SMILES string of the molecule is CCCCCCCCCCCCCCCCCCOC(=O)C(C)(C)C(=O)OCCCc1ccccc1. The Hall–Kier alpha value is -1.84. The van der Waals surface area contributed by atoms with Crippen molar-refractivity contribution in [3.63, 3.8) is 0 Å². The van der Waals surface area contributed by atoms with Crippen molar-refractivity contribution in [3.8, 4) is 0 Å². The maximum absolute atomic E-state index is 12.4. The third kappa shape index (κ3) is 16.0. The Balaban J connectivity index is 1.93. The number of hydrogen-bond acceptors (Lipinski definition) is 4. The van der Waals surface area contributed by atoms with Crippen molar-refractivity contribution < 1.29 is 19.1 Å². The average molecular weight is 503 g/mol. The van der Waals surface area contributed by atoms with Gasteiger partial charge in [-0.05, 0) is 38.7 Å². The highest BCUT2D eigenvalue weighted by Crippen LogP contribution is 2.20. The van der Waals surface area contributed by atoms with Crippen molar-refractivity contribution in [2.24, 2.45) is 5.41 Å². The van der Waals surface area contributed by atoms with Crippen LogP contribution in [-0.2, 0) is 25.5 Å². The Morgan fingerprint density at radius 1 is 0.583 bits per heavy atom. The first kappa shape index (κ1) is 32.2. The van der Waals surface area contributed by atoms with Gasteiger partial charge in [-0.25, -0.2) is 0 Å². The molecule has 0 aliphatic carbocycles. The summed E-state index contributed by atoms with van der Waals surface area (Å²) in [4.78, 5) is 24.8. The molecule has 0 radical (unpaired) electrons. The third-order valence-electron chi connectivity index (χ3n) is 6.94. The highest BCUT2D eigenvalue weighted by Gasteiger charge is 2.39. The molecule has 206 valence electrons. The van der Waals surface area contributed by atoms with Gasteiger partial charge in [0.1, 0.15) is 0 Å². The van der Waals surface area contributed by atoms with E-state index >= 15 is 0 Å². The molecule has 0 spiro atoms. The fraction of sp³-hybridized carbons (Fsp3) is 0.750. The molecule has 4 nitrogen and oxygen atoms in total. The van der Waals surface area contributed by atoms with E-state index in [1.807, 2.05) is 18.2 Å². The lowest BCUT2D eigenvalue weighted by molar-refractivity contribution is -0.169. The summed E-state index contributed by atoms with van der Waals surface area (Å²) in [5, 5.41) is 0. The lowest BCUT2D eigenvalue weighted by atomic mass is 9.94. The highest BCUT2D eigenvalue weighted by atomic mass is 16.6. The van der Waals surface area contributed by atoms with E-state index in [1.54, 1.807) is 13.8 Å². The number of aryl methyl sites for hydroxylation is 1. The zero-order chi connectivity index (χ0) is 26.3. The van der Waals surface area contributed by atoms with Gasteiger partial charge in [0.2, 0.25) is 0 Å². The summed E-state index contributed by atoms with van der Waals surface area (Å²) in [5.74, 6) is -0.996. The number of esters is 2. The second-order valence-electron chi connectivity index (χ2n) is 10.8. The fourth-order valence-corrected chi connectivity index (χ4v) is 4.35. The minimum absolute atomic E-state index is 0.309. The third-order valence-corrected chi connectivity index (χ3v) is 6.94. The summed E-state index contributed by atoms with van der Waals surface area (Å²) in [6.07, 6.45) is 22.6. The molecule has 36 heavy (non-hydrogen) atoms. The summed E-state index contributed by atoms with van der Waals surface area (Å²) in [6, 6.07) is 10.1. The number of carbonyl (C=O) groups excluding carboxylic acids is 2. The number of benzene rings is 1. The van der Waals surface area contributed by atoms with Crippen LogP contribution in [0.5, 0.6) is 0 Å². The van der Waals surface area contributed by atoms with Crippen LogP contribution in [0.2, 0.25) is 0 Å². The molecule has 0 aromatic heterocycles. The molecule has 0 amide bonds. The Morgan fingerprint density at radius 2 is 0.972 bits per heavy atom. The van der Waals surface area contributed by atoms with Gasteiger partial charge in [0.15, 0.2) is 5.41 Å². The molecule has 0 aliphatic heterocycles. The summed E-state index contributed by atoms with van der Waals surface area (Å²) >= 11 is 0. The first-order valence-electron chi connectivity index (χ1n) is 14.9. The number of carbonyl (C=O) groups is 2. The van der Waals surface area contributed by atoms with E-state index in [1.165, 1.54) is 95.5 Å². The van der Waals surface area contributed by atoms with Gasteiger partial charge in [-0.1, -0.05) is 134 Å². The minimum Gasteiger partial charge on any atom is -0.465 e. The van der Waals surface area contributed by atoms with Crippen LogP contribution < -0.4 is 0 Å².